The van der Waals surface area contributed by atoms with Gasteiger partial charge in [0.25, 0.3) is 0 Å². The quantitative estimate of drug-likeness (QED) is 0.830. The molecule has 0 atom stereocenters. The van der Waals surface area contributed by atoms with Crippen molar-refractivity contribution in [3.63, 3.8) is 0 Å². The highest BCUT2D eigenvalue weighted by Crippen LogP contribution is 2.29. The fraction of sp³-hybridized carbons (Fsp3) is 0.231. The summed E-state index contributed by atoms with van der Waals surface area (Å²) in [6, 6.07) is 0. The van der Waals surface area contributed by atoms with Crippen molar-refractivity contribution in [3.05, 3.63) is 28.8 Å². The van der Waals surface area contributed by atoms with Crippen LogP contribution >= 0.6 is 11.6 Å². The van der Waals surface area contributed by atoms with Crippen molar-refractivity contribution < 1.29 is 12.8 Å². The fourth-order valence-corrected chi connectivity index (χ4v) is 2.56. The monoisotopic (exact) mass is 344 g/mol. The van der Waals surface area contributed by atoms with E-state index in [0.29, 0.717) is 28.4 Å². The van der Waals surface area contributed by atoms with E-state index in [0.717, 1.165) is 12.5 Å². The molecule has 0 saturated carbocycles. The summed E-state index contributed by atoms with van der Waals surface area (Å²) in [5.74, 6) is -0.629. The van der Waals surface area contributed by atoms with Gasteiger partial charge in [0.1, 0.15) is 5.82 Å². The van der Waals surface area contributed by atoms with Gasteiger partial charge in [-0.2, -0.15) is 0 Å². The minimum atomic E-state index is -3.81. The van der Waals surface area contributed by atoms with Gasteiger partial charge in [-0.1, -0.05) is 18.5 Å². The molecule has 9 heteroatoms. The zero-order valence-electron chi connectivity index (χ0n) is 11.9. The highest BCUT2D eigenvalue weighted by molar-refractivity contribution is 7.90. The van der Waals surface area contributed by atoms with E-state index in [4.69, 9.17) is 17.3 Å². The van der Waals surface area contributed by atoms with Crippen LogP contribution in [0.25, 0.3) is 17.5 Å². The summed E-state index contributed by atoms with van der Waals surface area (Å²) in [5.41, 5.74) is 6.79. The van der Waals surface area contributed by atoms with Crippen molar-refractivity contribution in [3.8, 4) is 11.4 Å². The number of nitrogens with zero attached hydrogens (tertiary/aromatic N) is 2. The van der Waals surface area contributed by atoms with Crippen LogP contribution in [0, 0.1) is 5.82 Å². The molecule has 0 saturated heterocycles. The van der Waals surface area contributed by atoms with E-state index in [1.165, 1.54) is 6.20 Å². The number of rotatable bonds is 4. The highest BCUT2D eigenvalue weighted by atomic mass is 35.5. The van der Waals surface area contributed by atoms with Gasteiger partial charge in [-0.3, -0.25) is 0 Å². The lowest BCUT2D eigenvalue weighted by molar-refractivity contribution is 0.552. The zero-order valence-corrected chi connectivity index (χ0v) is 13.5. The second-order valence-electron chi connectivity index (χ2n) is 4.59. The van der Waals surface area contributed by atoms with E-state index >= 15 is 0 Å². The van der Waals surface area contributed by atoms with E-state index < -0.39 is 20.7 Å². The average Bonchev–Trinajstić information content (AvgIpc) is 2.79. The lowest BCUT2D eigenvalue weighted by atomic mass is 10.1. The number of aromatic amines is 1. The first-order valence-electron chi connectivity index (χ1n) is 6.30. The minimum Gasteiger partial charge on any atom is -0.385 e. The Kier molecular flexibility index (Phi) is 4.52. The number of nitrogens with two attached hydrogens (primary N) is 1. The van der Waals surface area contributed by atoms with E-state index in [1.54, 1.807) is 6.08 Å². The molecule has 0 aromatic carbocycles. The van der Waals surface area contributed by atoms with Crippen LogP contribution < -0.4 is 5.73 Å². The summed E-state index contributed by atoms with van der Waals surface area (Å²) in [7, 11) is -3.81. The number of nitrogen functional groups attached to an aromatic ring is 1. The number of hydrogen-bond donors (Lipinski definition) is 2. The van der Waals surface area contributed by atoms with E-state index in [1.807, 2.05) is 6.92 Å². The maximum absolute atomic E-state index is 13.6. The topological polar surface area (TPSA) is 102 Å². The first-order valence-corrected chi connectivity index (χ1v) is 8.56. The predicted molar refractivity (Wildman–Crippen MR) is 83.4 cm³/mol. The summed E-state index contributed by atoms with van der Waals surface area (Å²) >= 11 is 6.01. The third-order valence-corrected chi connectivity index (χ3v) is 4.26. The molecule has 118 valence electrons. The molecule has 0 aliphatic rings. The molecule has 0 spiro atoms. The van der Waals surface area contributed by atoms with Crippen LogP contribution in [0.1, 0.15) is 18.9 Å². The number of H-pyrrole nitrogens is 1. The molecule has 2 aromatic rings. The largest absolute Gasteiger partial charge is 0.385 e. The number of aromatic nitrogens is 3. The number of anilines is 1. The fourth-order valence-electron chi connectivity index (χ4n) is 1.79. The standard InChI is InChI=1S/C13H14ClFN4O2S/c1-3-7(14)4-8-9(5-17-11(8)16)12-18-6-10(15)13(19-12)22(2,20)21/h4-6,17H,3,16H2,1-2H3/b7-4+. The van der Waals surface area contributed by atoms with Gasteiger partial charge >= 0.3 is 0 Å². The van der Waals surface area contributed by atoms with Gasteiger partial charge in [0.05, 0.1) is 6.20 Å². The molecule has 3 N–H and O–H groups in total. The summed E-state index contributed by atoms with van der Waals surface area (Å²) in [6.07, 6.45) is 5.44. The van der Waals surface area contributed by atoms with Crippen LogP contribution in [0.5, 0.6) is 0 Å². The zero-order chi connectivity index (χ0) is 16.5. The van der Waals surface area contributed by atoms with Crippen LogP contribution in [-0.4, -0.2) is 29.6 Å². The lowest BCUT2D eigenvalue weighted by Gasteiger charge is -2.04. The lowest BCUT2D eigenvalue weighted by Crippen LogP contribution is -2.06. The molecule has 0 radical (unpaired) electrons. The average molecular weight is 345 g/mol. The molecule has 22 heavy (non-hydrogen) atoms. The summed E-state index contributed by atoms with van der Waals surface area (Å²) < 4.78 is 36.7. The molecule has 2 aromatic heterocycles. The van der Waals surface area contributed by atoms with Crippen molar-refractivity contribution in [2.24, 2.45) is 0 Å². The normalized spacial score (nSPS) is 12.6. The van der Waals surface area contributed by atoms with Crippen LogP contribution in [0.2, 0.25) is 0 Å². The van der Waals surface area contributed by atoms with Crippen molar-refractivity contribution in [1.82, 2.24) is 15.0 Å². The summed E-state index contributed by atoms with van der Waals surface area (Å²) in [4.78, 5) is 10.4. The third-order valence-electron chi connectivity index (χ3n) is 2.90. The molecular weight excluding hydrogens is 331 g/mol. The molecule has 0 aliphatic carbocycles. The first-order chi connectivity index (χ1) is 10.2. The number of hydrogen-bond acceptors (Lipinski definition) is 5. The number of sulfone groups is 1. The van der Waals surface area contributed by atoms with Crippen molar-refractivity contribution >= 4 is 33.3 Å². The SMILES string of the molecule is CC/C(Cl)=C\c1c(-c2ncc(F)c(S(C)(=O)=O)n2)c[nH]c1N. The van der Waals surface area contributed by atoms with Gasteiger partial charge in [0.2, 0.25) is 0 Å². The van der Waals surface area contributed by atoms with Gasteiger partial charge < -0.3 is 10.7 Å². The van der Waals surface area contributed by atoms with Gasteiger partial charge in [-0.05, 0) is 12.5 Å². The molecule has 0 amide bonds. The molecule has 6 nitrogen and oxygen atoms in total. The third kappa shape index (κ3) is 3.28. The van der Waals surface area contributed by atoms with Crippen LogP contribution in [0.4, 0.5) is 10.2 Å². The van der Waals surface area contributed by atoms with Crippen molar-refractivity contribution in [2.75, 3.05) is 12.0 Å². The smallest absolute Gasteiger partial charge is 0.195 e. The Morgan fingerprint density at radius 2 is 2.23 bits per heavy atom. The number of allylic oxidation sites excluding steroid dienone is 1. The maximum Gasteiger partial charge on any atom is 0.195 e. The van der Waals surface area contributed by atoms with E-state index in [2.05, 4.69) is 15.0 Å². The minimum absolute atomic E-state index is 0.0431. The Morgan fingerprint density at radius 1 is 1.55 bits per heavy atom. The highest BCUT2D eigenvalue weighted by Gasteiger charge is 2.20. The van der Waals surface area contributed by atoms with Crippen LogP contribution in [0.3, 0.4) is 0 Å². The first kappa shape index (κ1) is 16.4. The maximum atomic E-state index is 13.6. The van der Waals surface area contributed by atoms with Crippen LogP contribution in [-0.2, 0) is 9.84 Å². The molecule has 2 heterocycles. The molecular formula is C13H14ClFN4O2S. The van der Waals surface area contributed by atoms with Crippen molar-refractivity contribution in [1.29, 1.82) is 0 Å². The second kappa shape index (κ2) is 6.05. The molecule has 0 aliphatic heterocycles. The number of nitrogens with one attached hydrogen (secondary N) is 1. The van der Waals surface area contributed by atoms with Gasteiger partial charge in [0.15, 0.2) is 26.5 Å². The number of halogens is 2. The Morgan fingerprint density at radius 3 is 2.82 bits per heavy atom. The summed E-state index contributed by atoms with van der Waals surface area (Å²) in [5, 5.41) is -0.105. The van der Waals surface area contributed by atoms with Gasteiger partial charge in [-0.15, -0.1) is 0 Å². The Balaban J connectivity index is 2.64. The van der Waals surface area contributed by atoms with Crippen LogP contribution in [0.15, 0.2) is 22.5 Å². The molecule has 0 unspecified atom stereocenters. The Hall–Kier alpha value is -1.93. The summed E-state index contributed by atoms with van der Waals surface area (Å²) in [6.45, 7) is 1.87. The van der Waals surface area contributed by atoms with E-state index in [-0.39, 0.29) is 5.82 Å². The Labute approximate surface area is 132 Å². The van der Waals surface area contributed by atoms with E-state index in [9.17, 15) is 12.8 Å². The predicted octanol–water partition coefficient (Wildman–Crippen LogP) is 2.59. The van der Waals surface area contributed by atoms with Gasteiger partial charge in [0, 0.05) is 28.6 Å². The molecule has 0 fully saturated rings. The Bertz CT molecular complexity index is 846. The van der Waals surface area contributed by atoms with Gasteiger partial charge in [-0.25, -0.2) is 22.8 Å². The molecule has 2 rings (SSSR count). The second-order valence-corrected chi connectivity index (χ2v) is 7.01. The molecule has 0 bridgehead atoms. The van der Waals surface area contributed by atoms with Crippen molar-refractivity contribution in [2.45, 2.75) is 18.4 Å².